The number of halogens is 1. The molecule has 0 fully saturated rings. The first kappa shape index (κ1) is 13.2. The summed E-state index contributed by atoms with van der Waals surface area (Å²) >= 11 is 7.58. The number of rotatable bonds is 3. The Hall–Kier alpha value is -1.78. The number of thiophene rings is 1. The molecule has 5 heteroatoms. The van der Waals surface area contributed by atoms with Crippen LogP contribution in [0.4, 0.5) is 5.88 Å². The summed E-state index contributed by atoms with van der Waals surface area (Å²) in [6.45, 7) is 2.12. The van der Waals surface area contributed by atoms with E-state index >= 15 is 0 Å². The van der Waals surface area contributed by atoms with Crippen molar-refractivity contribution in [2.24, 2.45) is 0 Å². The van der Waals surface area contributed by atoms with Crippen molar-refractivity contribution in [3.63, 3.8) is 0 Å². The number of anilines is 1. The topological polar surface area (TPSA) is 52.0 Å². The smallest absolute Gasteiger partial charge is 0.230 e. The first-order chi connectivity index (χ1) is 9.70. The normalized spacial score (nSPS) is 10.9. The Balaban J connectivity index is 2.17. The minimum absolute atomic E-state index is 0.331. The maximum Gasteiger partial charge on any atom is 0.230 e. The predicted octanol–water partition coefficient (Wildman–Crippen LogP) is 4.87. The summed E-state index contributed by atoms with van der Waals surface area (Å²) < 4.78 is 5.21. The minimum atomic E-state index is 0.331. The fourth-order valence-electron chi connectivity index (χ4n) is 2.18. The summed E-state index contributed by atoms with van der Waals surface area (Å²) in [5, 5.41) is 6.89. The number of nitrogens with zero attached hydrogens (tertiary/aromatic N) is 1. The van der Waals surface area contributed by atoms with Crippen LogP contribution in [0.25, 0.3) is 21.7 Å². The van der Waals surface area contributed by atoms with Crippen molar-refractivity contribution in [3.05, 3.63) is 46.3 Å². The van der Waals surface area contributed by atoms with E-state index < -0.39 is 0 Å². The van der Waals surface area contributed by atoms with E-state index in [4.69, 9.17) is 21.9 Å². The van der Waals surface area contributed by atoms with Gasteiger partial charge in [0.2, 0.25) is 5.88 Å². The Morgan fingerprint density at radius 2 is 2.00 bits per heavy atom. The second-order valence-corrected chi connectivity index (χ2v) is 5.76. The van der Waals surface area contributed by atoms with Gasteiger partial charge < -0.3 is 10.3 Å². The van der Waals surface area contributed by atoms with Crippen LogP contribution in [0, 0.1) is 0 Å². The fourth-order valence-corrected chi connectivity index (χ4v) is 3.28. The highest BCUT2D eigenvalue weighted by Crippen LogP contribution is 2.40. The zero-order chi connectivity index (χ0) is 14.1. The van der Waals surface area contributed by atoms with E-state index in [-0.39, 0.29) is 0 Å². The third kappa shape index (κ3) is 2.21. The van der Waals surface area contributed by atoms with Gasteiger partial charge in [0.15, 0.2) is 0 Å². The quantitative estimate of drug-likeness (QED) is 0.751. The number of nitrogens with two attached hydrogens (primary N) is 1. The lowest BCUT2D eigenvalue weighted by Gasteiger charge is -2.03. The Bertz CT molecular complexity index is 731. The molecular formula is C15H13ClN2OS. The molecule has 3 rings (SSSR count). The Morgan fingerprint density at radius 1 is 1.25 bits per heavy atom. The summed E-state index contributed by atoms with van der Waals surface area (Å²) in [5.74, 6) is 0.331. The van der Waals surface area contributed by atoms with Crippen LogP contribution in [0.15, 0.2) is 40.2 Å². The molecule has 0 saturated heterocycles. The maximum absolute atomic E-state index is 5.95. The molecule has 3 nitrogen and oxygen atoms in total. The number of aryl methyl sites for hydroxylation is 1. The SMILES string of the molecule is CCc1ccsc1-c1noc(N)c1-c1ccc(Cl)cc1. The number of hydrogen-bond acceptors (Lipinski definition) is 4. The highest BCUT2D eigenvalue weighted by atomic mass is 35.5. The van der Waals surface area contributed by atoms with Crippen LogP contribution in [0.3, 0.4) is 0 Å². The highest BCUT2D eigenvalue weighted by Gasteiger charge is 2.20. The maximum atomic E-state index is 5.95. The third-order valence-corrected chi connectivity index (χ3v) is 4.41. The van der Waals surface area contributed by atoms with Crippen molar-refractivity contribution >= 4 is 28.8 Å². The lowest BCUT2D eigenvalue weighted by Crippen LogP contribution is -1.88. The van der Waals surface area contributed by atoms with Crippen molar-refractivity contribution in [3.8, 4) is 21.7 Å². The van der Waals surface area contributed by atoms with Crippen LogP contribution in [-0.2, 0) is 6.42 Å². The van der Waals surface area contributed by atoms with E-state index in [1.165, 1.54) is 5.56 Å². The average molecular weight is 305 g/mol. The van der Waals surface area contributed by atoms with Gasteiger partial charge in [-0.25, -0.2) is 0 Å². The van der Waals surface area contributed by atoms with Gasteiger partial charge >= 0.3 is 0 Å². The van der Waals surface area contributed by atoms with Crippen LogP contribution >= 0.6 is 22.9 Å². The van der Waals surface area contributed by atoms with Gasteiger partial charge in [0.05, 0.1) is 10.4 Å². The standard InChI is InChI=1S/C15H13ClN2OS/c1-2-9-7-8-20-14(9)13-12(15(17)19-18-13)10-3-5-11(16)6-4-10/h3-8H,2,17H2,1H3. The second kappa shape index (κ2) is 5.31. The van der Waals surface area contributed by atoms with E-state index in [0.717, 1.165) is 28.1 Å². The van der Waals surface area contributed by atoms with Crippen LogP contribution in [0.2, 0.25) is 5.02 Å². The van der Waals surface area contributed by atoms with Crippen molar-refractivity contribution < 1.29 is 4.52 Å². The molecular weight excluding hydrogens is 292 g/mol. The Morgan fingerprint density at radius 3 is 2.70 bits per heavy atom. The molecule has 2 aromatic heterocycles. The highest BCUT2D eigenvalue weighted by molar-refractivity contribution is 7.13. The molecule has 2 N–H and O–H groups in total. The molecule has 102 valence electrons. The van der Waals surface area contributed by atoms with Crippen molar-refractivity contribution in [1.82, 2.24) is 5.16 Å². The van der Waals surface area contributed by atoms with E-state index in [0.29, 0.717) is 10.9 Å². The summed E-state index contributed by atoms with van der Waals surface area (Å²) in [6, 6.07) is 9.63. The first-order valence-corrected chi connectivity index (χ1v) is 7.54. The minimum Gasteiger partial charge on any atom is -0.367 e. The van der Waals surface area contributed by atoms with Gasteiger partial charge in [-0.2, -0.15) is 0 Å². The van der Waals surface area contributed by atoms with Crippen LogP contribution in [0.1, 0.15) is 12.5 Å². The molecule has 0 aliphatic rings. The number of hydrogen-bond donors (Lipinski definition) is 1. The molecule has 0 atom stereocenters. The fraction of sp³-hybridized carbons (Fsp3) is 0.133. The number of benzene rings is 1. The molecule has 2 heterocycles. The van der Waals surface area contributed by atoms with E-state index in [2.05, 4.69) is 23.5 Å². The van der Waals surface area contributed by atoms with Crippen molar-refractivity contribution in [1.29, 1.82) is 0 Å². The first-order valence-electron chi connectivity index (χ1n) is 6.28. The van der Waals surface area contributed by atoms with Crippen molar-refractivity contribution in [2.75, 3.05) is 5.73 Å². The van der Waals surface area contributed by atoms with E-state index in [1.54, 1.807) is 11.3 Å². The average Bonchev–Trinajstić information content (AvgIpc) is 3.05. The molecule has 1 aromatic carbocycles. The Labute approximate surface area is 126 Å². The molecule has 0 radical (unpaired) electrons. The van der Waals surface area contributed by atoms with Gasteiger partial charge in [-0.15, -0.1) is 11.3 Å². The second-order valence-electron chi connectivity index (χ2n) is 4.41. The molecule has 0 unspecified atom stereocenters. The number of nitrogen functional groups attached to an aromatic ring is 1. The van der Waals surface area contributed by atoms with Crippen LogP contribution < -0.4 is 5.73 Å². The van der Waals surface area contributed by atoms with Gasteiger partial charge in [0.25, 0.3) is 0 Å². The molecule has 0 spiro atoms. The molecule has 0 bridgehead atoms. The molecule has 3 aromatic rings. The number of aromatic nitrogens is 1. The lowest BCUT2D eigenvalue weighted by molar-refractivity contribution is 0.439. The lowest BCUT2D eigenvalue weighted by atomic mass is 10.0. The van der Waals surface area contributed by atoms with Crippen LogP contribution in [0.5, 0.6) is 0 Å². The zero-order valence-electron chi connectivity index (χ0n) is 10.9. The third-order valence-electron chi connectivity index (χ3n) is 3.19. The summed E-state index contributed by atoms with van der Waals surface area (Å²) in [7, 11) is 0. The van der Waals surface area contributed by atoms with Crippen molar-refractivity contribution in [2.45, 2.75) is 13.3 Å². The van der Waals surface area contributed by atoms with Gasteiger partial charge in [0.1, 0.15) is 5.69 Å². The summed E-state index contributed by atoms with van der Waals surface area (Å²) in [5.41, 5.74) is 9.79. The summed E-state index contributed by atoms with van der Waals surface area (Å²) in [4.78, 5) is 1.11. The molecule has 0 aliphatic carbocycles. The predicted molar refractivity (Wildman–Crippen MR) is 84.1 cm³/mol. The van der Waals surface area contributed by atoms with Crippen LogP contribution in [-0.4, -0.2) is 5.16 Å². The molecule has 20 heavy (non-hydrogen) atoms. The molecule has 0 aliphatic heterocycles. The van der Waals surface area contributed by atoms with E-state index in [1.807, 2.05) is 24.3 Å². The summed E-state index contributed by atoms with van der Waals surface area (Å²) in [6.07, 6.45) is 0.950. The van der Waals surface area contributed by atoms with Gasteiger partial charge in [-0.05, 0) is 41.1 Å². The van der Waals surface area contributed by atoms with Gasteiger partial charge in [0, 0.05) is 5.02 Å². The largest absolute Gasteiger partial charge is 0.367 e. The zero-order valence-corrected chi connectivity index (χ0v) is 12.5. The molecule has 0 amide bonds. The monoisotopic (exact) mass is 304 g/mol. The Kier molecular flexibility index (Phi) is 3.51. The van der Waals surface area contributed by atoms with Gasteiger partial charge in [-0.1, -0.05) is 35.8 Å². The van der Waals surface area contributed by atoms with E-state index in [9.17, 15) is 0 Å². The molecule has 0 saturated carbocycles. The van der Waals surface area contributed by atoms with Gasteiger partial charge in [-0.3, -0.25) is 0 Å².